The summed E-state index contributed by atoms with van der Waals surface area (Å²) in [6.45, 7) is 1.69. The Labute approximate surface area is 156 Å². The summed E-state index contributed by atoms with van der Waals surface area (Å²) in [7, 11) is -1.69. The average molecular weight is 380 g/mol. The van der Waals surface area contributed by atoms with E-state index in [4.69, 9.17) is 0 Å². The predicted molar refractivity (Wildman–Crippen MR) is 102 cm³/mol. The van der Waals surface area contributed by atoms with Crippen LogP contribution in [0.2, 0.25) is 0 Å². The number of carbonyl (C=O) groups excluding carboxylic acids is 1. The topological polar surface area (TPSA) is 78.5 Å². The van der Waals surface area contributed by atoms with Gasteiger partial charge in [0.2, 0.25) is 15.9 Å². The van der Waals surface area contributed by atoms with Gasteiger partial charge >= 0.3 is 0 Å². The molecule has 0 saturated carbocycles. The van der Waals surface area contributed by atoms with E-state index in [2.05, 4.69) is 10.0 Å². The van der Waals surface area contributed by atoms with Gasteiger partial charge < -0.3 is 10.2 Å². The Morgan fingerprint density at radius 1 is 1.19 bits per heavy atom. The molecule has 1 aliphatic heterocycles. The van der Waals surface area contributed by atoms with Gasteiger partial charge in [-0.2, -0.15) is 0 Å². The van der Waals surface area contributed by atoms with Crippen molar-refractivity contribution >= 4 is 15.9 Å². The van der Waals surface area contributed by atoms with Crippen molar-refractivity contribution < 1.29 is 13.2 Å². The van der Waals surface area contributed by atoms with Gasteiger partial charge in [-0.05, 0) is 68.8 Å². The lowest BCUT2D eigenvalue weighted by Gasteiger charge is -2.24. The third-order valence-electron chi connectivity index (χ3n) is 5.40. The van der Waals surface area contributed by atoms with Gasteiger partial charge in [-0.1, -0.05) is 6.07 Å². The molecular formula is C19H29N3O3S. The Kier molecular flexibility index (Phi) is 6.32. The van der Waals surface area contributed by atoms with E-state index in [0.717, 1.165) is 50.8 Å². The number of amides is 1. The summed E-state index contributed by atoms with van der Waals surface area (Å²) >= 11 is 0. The number of hydrogen-bond acceptors (Lipinski definition) is 4. The Balaban J connectivity index is 1.56. The van der Waals surface area contributed by atoms with Crippen molar-refractivity contribution in [3.63, 3.8) is 0 Å². The normalized spacial score (nSPS) is 20.2. The SMILES string of the molecule is CNCC1CCCN1C(=O)CCNS(=O)(=O)c1ccc2c(c1)CCCC2. The van der Waals surface area contributed by atoms with Crippen LogP contribution in [0.1, 0.15) is 43.2 Å². The zero-order valence-corrected chi connectivity index (χ0v) is 16.3. The highest BCUT2D eigenvalue weighted by Crippen LogP contribution is 2.24. The van der Waals surface area contributed by atoms with Crippen LogP contribution in [0, 0.1) is 0 Å². The number of nitrogens with zero attached hydrogens (tertiary/aromatic N) is 1. The monoisotopic (exact) mass is 379 g/mol. The van der Waals surface area contributed by atoms with Crippen molar-refractivity contribution in [1.82, 2.24) is 14.9 Å². The lowest BCUT2D eigenvalue weighted by molar-refractivity contribution is -0.131. The van der Waals surface area contributed by atoms with Crippen LogP contribution in [0.4, 0.5) is 0 Å². The number of likely N-dealkylation sites (N-methyl/N-ethyl adjacent to an activating group) is 1. The molecule has 1 amide bonds. The molecule has 1 aromatic rings. The van der Waals surface area contributed by atoms with E-state index in [9.17, 15) is 13.2 Å². The number of carbonyl (C=O) groups is 1. The maximum absolute atomic E-state index is 12.5. The van der Waals surface area contributed by atoms with Gasteiger partial charge in [0.1, 0.15) is 0 Å². The van der Waals surface area contributed by atoms with Gasteiger partial charge in [0, 0.05) is 32.1 Å². The highest BCUT2D eigenvalue weighted by atomic mass is 32.2. The Morgan fingerprint density at radius 2 is 1.96 bits per heavy atom. The minimum atomic E-state index is -3.57. The Bertz CT molecular complexity index is 748. The van der Waals surface area contributed by atoms with E-state index in [0.29, 0.717) is 4.90 Å². The first-order valence-corrected chi connectivity index (χ1v) is 11.0. The first-order chi connectivity index (χ1) is 12.5. The summed E-state index contributed by atoms with van der Waals surface area (Å²) in [5.74, 6) is 0.0240. The second-order valence-corrected chi connectivity index (χ2v) is 8.99. The second-order valence-electron chi connectivity index (χ2n) is 7.23. The molecule has 1 aliphatic carbocycles. The van der Waals surface area contributed by atoms with Gasteiger partial charge in [-0.3, -0.25) is 4.79 Å². The van der Waals surface area contributed by atoms with Crippen molar-refractivity contribution in [2.75, 3.05) is 26.7 Å². The highest BCUT2D eigenvalue weighted by molar-refractivity contribution is 7.89. The van der Waals surface area contributed by atoms with Crippen molar-refractivity contribution in [3.05, 3.63) is 29.3 Å². The third kappa shape index (κ3) is 4.45. The van der Waals surface area contributed by atoms with E-state index < -0.39 is 10.0 Å². The summed E-state index contributed by atoms with van der Waals surface area (Å²) in [4.78, 5) is 14.6. The number of rotatable bonds is 7. The van der Waals surface area contributed by atoms with Crippen LogP contribution in [-0.4, -0.2) is 51.9 Å². The summed E-state index contributed by atoms with van der Waals surface area (Å²) in [5.41, 5.74) is 2.40. The van der Waals surface area contributed by atoms with E-state index in [1.807, 2.05) is 18.0 Å². The number of benzene rings is 1. The highest BCUT2D eigenvalue weighted by Gasteiger charge is 2.28. The molecule has 7 heteroatoms. The van der Waals surface area contributed by atoms with Gasteiger partial charge in [0.25, 0.3) is 0 Å². The maximum atomic E-state index is 12.5. The molecule has 0 aromatic heterocycles. The second kappa shape index (κ2) is 8.50. The number of hydrogen-bond donors (Lipinski definition) is 2. The molecule has 3 rings (SSSR count). The third-order valence-corrected chi connectivity index (χ3v) is 6.86. The van der Waals surface area contributed by atoms with Crippen molar-refractivity contribution in [2.45, 2.75) is 55.9 Å². The van der Waals surface area contributed by atoms with E-state index in [1.165, 1.54) is 12.0 Å². The number of nitrogens with one attached hydrogen (secondary N) is 2. The summed E-state index contributed by atoms with van der Waals surface area (Å²) in [6, 6.07) is 5.63. The fourth-order valence-electron chi connectivity index (χ4n) is 4.01. The van der Waals surface area contributed by atoms with Crippen molar-refractivity contribution in [1.29, 1.82) is 0 Å². The molecule has 1 heterocycles. The molecule has 6 nitrogen and oxygen atoms in total. The Hall–Kier alpha value is -1.44. The lowest BCUT2D eigenvalue weighted by atomic mass is 9.92. The molecule has 1 unspecified atom stereocenters. The predicted octanol–water partition coefficient (Wildman–Crippen LogP) is 1.44. The molecule has 0 radical (unpaired) electrons. The van der Waals surface area contributed by atoms with E-state index >= 15 is 0 Å². The summed E-state index contributed by atoms with van der Waals surface area (Å²) in [5, 5.41) is 3.12. The van der Waals surface area contributed by atoms with E-state index in [-0.39, 0.29) is 24.9 Å². The molecule has 144 valence electrons. The number of aryl methyl sites for hydroxylation is 2. The molecule has 1 saturated heterocycles. The molecular weight excluding hydrogens is 350 g/mol. The molecule has 0 bridgehead atoms. The smallest absolute Gasteiger partial charge is 0.240 e. The molecule has 2 aliphatic rings. The van der Waals surface area contributed by atoms with Crippen LogP contribution in [-0.2, 0) is 27.7 Å². The van der Waals surface area contributed by atoms with Crippen LogP contribution in [0.3, 0.4) is 0 Å². The van der Waals surface area contributed by atoms with Crippen LogP contribution in [0.5, 0.6) is 0 Å². The van der Waals surface area contributed by atoms with Crippen LogP contribution in [0.25, 0.3) is 0 Å². The molecule has 1 fully saturated rings. The van der Waals surface area contributed by atoms with Gasteiger partial charge in [-0.25, -0.2) is 13.1 Å². The van der Waals surface area contributed by atoms with Gasteiger partial charge in [0.05, 0.1) is 4.90 Å². The summed E-state index contributed by atoms with van der Waals surface area (Å²) in [6.07, 6.45) is 6.48. The zero-order chi connectivity index (χ0) is 18.6. The van der Waals surface area contributed by atoms with Gasteiger partial charge in [-0.15, -0.1) is 0 Å². The van der Waals surface area contributed by atoms with Crippen molar-refractivity contribution in [2.24, 2.45) is 0 Å². The fourth-order valence-corrected chi connectivity index (χ4v) is 5.09. The summed E-state index contributed by atoms with van der Waals surface area (Å²) < 4.78 is 27.7. The average Bonchev–Trinajstić information content (AvgIpc) is 3.10. The van der Waals surface area contributed by atoms with Crippen LogP contribution >= 0.6 is 0 Å². The van der Waals surface area contributed by atoms with E-state index in [1.54, 1.807) is 12.1 Å². The number of fused-ring (bicyclic) bond motifs is 1. The molecule has 1 atom stereocenters. The lowest BCUT2D eigenvalue weighted by Crippen LogP contribution is -2.42. The molecule has 0 spiro atoms. The first kappa shape index (κ1) is 19.3. The standard InChI is InChI=1S/C19H29N3O3S/c1-20-14-17-7-4-12-22(17)19(23)10-11-21-26(24,25)18-9-8-15-5-2-3-6-16(15)13-18/h8-9,13,17,20-21H,2-7,10-12,14H2,1H3. The molecule has 26 heavy (non-hydrogen) atoms. The van der Waals surface area contributed by atoms with Crippen LogP contribution in [0.15, 0.2) is 23.1 Å². The largest absolute Gasteiger partial charge is 0.338 e. The molecule has 1 aromatic carbocycles. The first-order valence-electron chi connectivity index (χ1n) is 9.57. The Morgan fingerprint density at radius 3 is 2.73 bits per heavy atom. The fraction of sp³-hybridized carbons (Fsp3) is 0.632. The number of likely N-dealkylation sites (tertiary alicyclic amines) is 1. The number of sulfonamides is 1. The quantitative estimate of drug-likeness (QED) is 0.752. The van der Waals surface area contributed by atoms with Gasteiger partial charge in [0.15, 0.2) is 0 Å². The van der Waals surface area contributed by atoms with Crippen molar-refractivity contribution in [3.8, 4) is 0 Å². The minimum Gasteiger partial charge on any atom is -0.338 e. The minimum absolute atomic E-state index is 0.0240. The zero-order valence-electron chi connectivity index (χ0n) is 15.5. The van der Waals surface area contributed by atoms with Crippen LogP contribution < -0.4 is 10.0 Å². The maximum Gasteiger partial charge on any atom is 0.240 e. The molecule has 2 N–H and O–H groups in total.